The van der Waals surface area contributed by atoms with Crippen LogP contribution >= 0.6 is 0 Å². The average molecular weight is 429 g/mol. The number of benzene rings is 2. The van der Waals surface area contributed by atoms with Gasteiger partial charge in [0, 0.05) is 62.5 Å². The van der Waals surface area contributed by atoms with Crippen LogP contribution in [0.2, 0.25) is 0 Å². The molecule has 1 N–H and O–H groups in total. The summed E-state index contributed by atoms with van der Waals surface area (Å²) in [5.41, 5.74) is 1.28. The number of aromatic amines is 1. The lowest BCUT2D eigenvalue weighted by Gasteiger charge is -2.36. The number of pyridine rings is 1. The third-order valence-corrected chi connectivity index (χ3v) is 5.72. The Bertz CT molecular complexity index is 1260. The molecule has 1 saturated heterocycles. The quantitative estimate of drug-likeness (QED) is 0.393. The first-order valence-corrected chi connectivity index (χ1v) is 10.0. The Morgan fingerprint density at radius 2 is 1.74 bits per heavy atom. The molecule has 4 aromatic rings. The molecule has 0 saturated carbocycles. The molecular formula is C22H19F4N5. The maximum atomic E-state index is 13.9. The molecule has 0 amide bonds. The SMILES string of the molecule is Fc1ccc2nccc(N3CCN(CCc4nc5c(F)cc(F)c(F)c5[nH]4)CC3)c2c1. The van der Waals surface area contributed by atoms with Crippen molar-refractivity contribution < 1.29 is 17.6 Å². The molecule has 160 valence electrons. The minimum absolute atomic E-state index is 0.185. The molecule has 0 radical (unpaired) electrons. The number of aromatic nitrogens is 3. The monoisotopic (exact) mass is 429 g/mol. The van der Waals surface area contributed by atoms with Gasteiger partial charge in [0.15, 0.2) is 17.5 Å². The number of piperazine rings is 1. The fourth-order valence-electron chi connectivity index (χ4n) is 4.09. The van der Waals surface area contributed by atoms with E-state index < -0.39 is 17.5 Å². The maximum Gasteiger partial charge on any atom is 0.184 e. The average Bonchev–Trinajstić information content (AvgIpc) is 3.21. The van der Waals surface area contributed by atoms with Gasteiger partial charge in [-0.25, -0.2) is 22.5 Å². The number of H-pyrrole nitrogens is 1. The molecule has 0 bridgehead atoms. The summed E-state index contributed by atoms with van der Waals surface area (Å²) in [6, 6.07) is 6.99. The molecule has 3 heterocycles. The molecule has 1 fully saturated rings. The van der Waals surface area contributed by atoms with Crippen molar-refractivity contribution in [2.75, 3.05) is 37.6 Å². The maximum absolute atomic E-state index is 13.9. The molecular weight excluding hydrogens is 410 g/mol. The van der Waals surface area contributed by atoms with Gasteiger partial charge in [-0.2, -0.15) is 0 Å². The molecule has 5 rings (SSSR count). The third kappa shape index (κ3) is 3.69. The molecule has 0 spiro atoms. The van der Waals surface area contributed by atoms with Crippen molar-refractivity contribution in [2.45, 2.75) is 6.42 Å². The lowest BCUT2D eigenvalue weighted by Crippen LogP contribution is -2.47. The molecule has 5 nitrogen and oxygen atoms in total. The van der Waals surface area contributed by atoms with Crippen molar-refractivity contribution in [2.24, 2.45) is 0 Å². The van der Waals surface area contributed by atoms with E-state index in [-0.39, 0.29) is 16.9 Å². The summed E-state index contributed by atoms with van der Waals surface area (Å²) in [4.78, 5) is 15.5. The second kappa shape index (κ2) is 7.81. The molecule has 0 unspecified atom stereocenters. The fraction of sp³-hybridized carbons (Fsp3) is 0.273. The second-order valence-electron chi connectivity index (χ2n) is 7.63. The Hall–Kier alpha value is -3.20. The van der Waals surface area contributed by atoms with Gasteiger partial charge in [-0.05, 0) is 24.3 Å². The van der Waals surface area contributed by atoms with E-state index in [1.807, 2.05) is 6.07 Å². The number of rotatable bonds is 4. The van der Waals surface area contributed by atoms with Crippen LogP contribution in [-0.2, 0) is 6.42 Å². The van der Waals surface area contributed by atoms with E-state index in [2.05, 4.69) is 24.8 Å². The normalized spacial score (nSPS) is 15.3. The Kier molecular flexibility index (Phi) is 4.97. The summed E-state index contributed by atoms with van der Waals surface area (Å²) in [5, 5.41) is 0.787. The van der Waals surface area contributed by atoms with Crippen molar-refractivity contribution in [3.63, 3.8) is 0 Å². The van der Waals surface area contributed by atoms with E-state index in [4.69, 9.17) is 0 Å². The zero-order chi connectivity index (χ0) is 21.5. The van der Waals surface area contributed by atoms with E-state index in [1.165, 1.54) is 12.1 Å². The van der Waals surface area contributed by atoms with E-state index in [0.29, 0.717) is 24.9 Å². The van der Waals surface area contributed by atoms with Crippen LogP contribution < -0.4 is 4.90 Å². The summed E-state index contributed by atoms with van der Waals surface area (Å²) in [5.74, 6) is -3.12. The first-order valence-electron chi connectivity index (χ1n) is 10.0. The van der Waals surface area contributed by atoms with Crippen LogP contribution in [0.15, 0.2) is 36.5 Å². The highest BCUT2D eigenvalue weighted by Crippen LogP contribution is 2.27. The van der Waals surface area contributed by atoms with Crippen molar-refractivity contribution in [3.05, 3.63) is 65.6 Å². The second-order valence-corrected chi connectivity index (χ2v) is 7.63. The molecule has 0 atom stereocenters. The first kappa shape index (κ1) is 19.7. The minimum Gasteiger partial charge on any atom is -0.368 e. The molecule has 31 heavy (non-hydrogen) atoms. The third-order valence-electron chi connectivity index (χ3n) is 5.72. The predicted octanol–water partition coefficient (Wildman–Crippen LogP) is 4.03. The number of fused-ring (bicyclic) bond motifs is 2. The van der Waals surface area contributed by atoms with Crippen LogP contribution in [0.1, 0.15) is 5.82 Å². The Morgan fingerprint density at radius 1 is 0.935 bits per heavy atom. The summed E-state index contributed by atoms with van der Waals surface area (Å²) in [6.07, 6.45) is 2.18. The van der Waals surface area contributed by atoms with Crippen LogP contribution in [0.5, 0.6) is 0 Å². The van der Waals surface area contributed by atoms with E-state index in [0.717, 1.165) is 42.8 Å². The van der Waals surface area contributed by atoms with Gasteiger partial charge in [0.2, 0.25) is 0 Å². The highest BCUT2D eigenvalue weighted by molar-refractivity contribution is 5.91. The summed E-state index contributed by atoms with van der Waals surface area (Å²) < 4.78 is 54.8. The topological polar surface area (TPSA) is 48.1 Å². The van der Waals surface area contributed by atoms with Gasteiger partial charge in [0.05, 0.1) is 5.52 Å². The van der Waals surface area contributed by atoms with Crippen molar-refractivity contribution in [1.82, 2.24) is 19.9 Å². The highest BCUT2D eigenvalue weighted by atomic mass is 19.2. The Balaban J connectivity index is 1.25. The van der Waals surface area contributed by atoms with E-state index in [9.17, 15) is 17.6 Å². The van der Waals surface area contributed by atoms with Gasteiger partial charge >= 0.3 is 0 Å². The molecule has 1 aliphatic heterocycles. The number of hydrogen-bond acceptors (Lipinski definition) is 4. The van der Waals surface area contributed by atoms with Crippen LogP contribution in [-0.4, -0.2) is 52.6 Å². The van der Waals surface area contributed by atoms with Gasteiger partial charge in [-0.3, -0.25) is 9.88 Å². The van der Waals surface area contributed by atoms with Crippen LogP contribution in [0.25, 0.3) is 21.9 Å². The number of halogens is 4. The van der Waals surface area contributed by atoms with Gasteiger partial charge in [-0.15, -0.1) is 0 Å². The lowest BCUT2D eigenvalue weighted by atomic mass is 10.1. The van der Waals surface area contributed by atoms with Crippen LogP contribution in [0.4, 0.5) is 23.2 Å². The smallest absolute Gasteiger partial charge is 0.184 e. The highest BCUT2D eigenvalue weighted by Gasteiger charge is 2.21. The first-order chi connectivity index (χ1) is 15.0. The van der Waals surface area contributed by atoms with E-state index >= 15 is 0 Å². The minimum atomic E-state index is -1.24. The standard InChI is InChI=1S/C22H19F4N5/c23-13-1-2-17-14(11-13)18(3-5-27-17)31-9-7-30(8-10-31)6-4-19-28-21-16(25)12-15(24)20(26)22(21)29-19/h1-3,5,11-12H,4,6-10H2,(H,28,29). The molecule has 9 heteroatoms. The Morgan fingerprint density at radius 3 is 2.55 bits per heavy atom. The summed E-state index contributed by atoms with van der Waals surface area (Å²) in [6.45, 7) is 3.70. The van der Waals surface area contributed by atoms with Crippen molar-refractivity contribution >= 4 is 27.6 Å². The van der Waals surface area contributed by atoms with E-state index in [1.54, 1.807) is 12.3 Å². The molecule has 1 aliphatic rings. The molecule has 0 aliphatic carbocycles. The lowest BCUT2D eigenvalue weighted by molar-refractivity contribution is 0.260. The molecule has 2 aromatic heterocycles. The van der Waals surface area contributed by atoms with Crippen LogP contribution in [0.3, 0.4) is 0 Å². The largest absolute Gasteiger partial charge is 0.368 e. The molecule has 2 aromatic carbocycles. The predicted molar refractivity (Wildman–Crippen MR) is 110 cm³/mol. The zero-order valence-corrected chi connectivity index (χ0v) is 16.5. The number of nitrogens with zero attached hydrogens (tertiary/aromatic N) is 4. The number of nitrogens with one attached hydrogen (secondary N) is 1. The van der Waals surface area contributed by atoms with Gasteiger partial charge < -0.3 is 9.88 Å². The Labute approximate surface area is 175 Å². The number of imidazole rings is 1. The fourth-order valence-corrected chi connectivity index (χ4v) is 4.09. The zero-order valence-electron chi connectivity index (χ0n) is 16.5. The summed E-state index contributed by atoms with van der Waals surface area (Å²) in [7, 11) is 0. The number of hydrogen-bond donors (Lipinski definition) is 1. The van der Waals surface area contributed by atoms with Gasteiger partial charge in [0.25, 0.3) is 0 Å². The number of anilines is 1. The van der Waals surface area contributed by atoms with Gasteiger partial charge in [-0.1, -0.05) is 0 Å². The summed E-state index contributed by atoms with van der Waals surface area (Å²) >= 11 is 0. The van der Waals surface area contributed by atoms with Crippen LogP contribution in [0, 0.1) is 23.3 Å². The van der Waals surface area contributed by atoms with Crippen molar-refractivity contribution in [3.8, 4) is 0 Å². The van der Waals surface area contributed by atoms with Crippen molar-refractivity contribution in [1.29, 1.82) is 0 Å². The van der Waals surface area contributed by atoms with Gasteiger partial charge in [0.1, 0.15) is 22.7 Å².